The molecule has 0 bridgehead atoms. The zero-order chi connectivity index (χ0) is 14.2. The third-order valence-electron chi connectivity index (χ3n) is 2.98. The summed E-state index contributed by atoms with van der Waals surface area (Å²) in [5.41, 5.74) is 2.18. The SMILES string of the molecule is CC(=O)N[C@H](COCc1ccccc1)c1ccccc1. The summed E-state index contributed by atoms with van der Waals surface area (Å²) in [6, 6.07) is 19.8. The van der Waals surface area contributed by atoms with Gasteiger partial charge in [0.2, 0.25) is 5.91 Å². The number of ether oxygens (including phenoxy) is 1. The van der Waals surface area contributed by atoms with Crippen molar-refractivity contribution in [1.82, 2.24) is 5.32 Å². The number of hydrogen-bond donors (Lipinski definition) is 1. The largest absolute Gasteiger partial charge is 0.374 e. The van der Waals surface area contributed by atoms with Crippen LogP contribution in [0.1, 0.15) is 24.1 Å². The van der Waals surface area contributed by atoms with Gasteiger partial charge in [0.15, 0.2) is 0 Å². The van der Waals surface area contributed by atoms with E-state index >= 15 is 0 Å². The summed E-state index contributed by atoms with van der Waals surface area (Å²) >= 11 is 0. The van der Waals surface area contributed by atoms with Gasteiger partial charge in [0.1, 0.15) is 0 Å². The Hall–Kier alpha value is -2.13. The van der Waals surface area contributed by atoms with E-state index in [2.05, 4.69) is 5.32 Å². The Balaban J connectivity index is 1.93. The Bertz CT molecular complexity index is 525. The van der Waals surface area contributed by atoms with Gasteiger partial charge < -0.3 is 10.1 Å². The first-order valence-corrected chi connectivity index (χ1v) is 6.69. The fraction of sp³-hybridized carbons (Fsp3) is 0.235. The zero-order valence-electron chi connectivity index (χ0n) is 11.6. The van der Waals surface area contributed by atoms with E-state index in [-0.39, 0.29) is 11.9 Å². The van der Waals surface area contributed by atoms with Gasteiger partial charge in [0.05, 0.1) is 19.3 Å². The lowest BCUT2D eigenvalue weighted by atomic mass is 10.1. The Labute approximate surface area is 119 Å². The van der Waals surface area contributed by atoms with E-state index in [1.165, 1.54) is 6.92 Å². The lowest BCUT2D eigenvalue weighted by Crippen LogP contribution is -2.29. The van der Waals surface area contributed by atoms with E-state index in [0.717, 1.165) is 11.1 Å². The van der Waals surface area contributed by atoms with Gasteiger partial charge in [-0.1, -0.05) is 60.7 Å². The van der Waals surface area contributed by atoms with E-state index in [4.69, 9.17) is 4.74 Å². The van der Waals surface area contributed by atoms with Crippen LogP contribution < -0.4 is 5.32 Å². The molecule has 2 aromatic carbocycles. The van der Waals surface area contributed by atoms with Gasteiger partial charge in [-0.05, 0) is 11.1 Å². The smallest absolute Gasteiger partial charge is 0.217 e. The summed E-state index contributed by atoms with van der Waals surface area (Å²) in [6.45, 7) is 2.52. The molecule has 0 spiro atoms. The van der Waals surface area contributed by atoms with E-state index < -0.39 is 0 Å². The Kier molecular flexibility index (Phi) is 5.33. The highest BCUT2D eigenvalue weighted by molar-refractivity contribution is 5.73. The van der Waals surface area contributed by atoms with Gasteiger partial charge in [-0.15, -0.1) is 0 Å². The monoisotopic (exact) mass is 269 g/mol. The second-order valence-corrected chi connectivity index (χ2v) is 4.66. The molecule has 20 heavy (non-hydrogen) atoms. The second kappa shape index (κ2) is 7.46. The van der Waals surface area contributed by atoms with Crippen molar-refractivity contribution in [3.63, 3.8) is 0 Å². The highest BCUT2D eigenvalue weighted by atomic mass is 16.5. The highest BCUT2D eigenvalue weighted by Crippen LogP contribution is 2.14. The molecular weight excluding hydrogens is 250 g/mol. The van der Waals surface area contributed by atoms with Crippen LogP contribution in [-0.2, 0) is 16.1 Å². The molecule has 104 valence electrons. The van der Waals surface area contributed by atoms with Crippen molar-refractivity contribution >= 4 is 5.91 Å². The molecule has 3 heteroatoms. The van der Waals surface area contributed by atoms with Crippen LogP contribution in [0.3, 0.4) is 0 Å². The minimum atomic E-state index is -0.114. The first-order chi connectivity index (χ1) is 9.75. The van der Waals surface area contributed by atoms with E-state index in [1.54, 1.807) is 0 Å². The minimum Gasteiger partial charge on any atom is -0.374 e. The van der Waals surface area contributed by atoms with Crippen molar-refractivity contribution in [3.05, 3.63) is 71.8 Å². The number of rotatable bonds is 6. The fourth-order valence-electron chi connectivity index (χ4n) is 2.02. The van der Waals surface area contributed by atoms with Gasteiger partial charge in [-0.2, -0.15) is 0 Å². The molecule has 2 aromatic rings. The summed E-state index contributed by atoms with van der Waals surface area (Å²) in [4.78, 5) is 11.3. The third-order valence-corrected chi connectivity index (χ3v) is 2.98. The molecule has 0 aromatic heterocycles. The summed E-state index contributed by atoms with van der Waals surface area (Å²) < 4.78 is 5.72. The lowest BCUT2D eigenvalue weighted by Gasteiger charge is -2.18. The van der Waals surface area contributed by atoms with Gasteiger partial charge in [-0.3, -0.25) is 4.79 Å². The van der Waals surface area contributed by atoms with Crippen molar-refractivity contribution in [1.29, 1.82) is 0 Å². The molecule has 0 fully saturated rings. The van der Waals surface area contributed by atoms with Crippen molar-refractivity contribution in [2.45, 2.75) is 19.6 Å². The van der Waals surface area contributed by atoms with Crippen molar-refractivity contribution in [3.8, 4) is 0 Å². The first-order valence-electron chi connectivity index (χ1n) is 6.69. The van der Waals surface area contributed by atoms with Crippen LogP contribution >= 0.6 is 0 Å². The van der Waals surface area contributed by atoms with Gasteiger partial charge in [0.25, 0.3) is 0 Å². The highest BCUT2D eigenvalue weighted by Gasteiger charge is 2.12. The van der Waals surface area contributed by atoms with Crippen LogP contribution in [0.15, 0.2) is 60.7 Å². The topological polar surface area (TPSA) is 38.3 Å². The average molecular weight is 269 g/mol. The number of benzene rings is 2. The first kappa shape index (κ1) is 14.3. The molecule has 0 unspecified atom stereocenters. The molecule has 0 radical (unpaired) electrons. The zero-order valence-corrected chi connectivity index (χ0v) is 11.6. The van der Waals surface area contributed by atoms with Gasteiger partial charge in [0, 0.05) is 6.92 Å². The van der Waals surface area contributed by atoms with Crippen LogP contribution in [0, 0.1) is 0 Å². The van der Waals surface area contributed by atoms with E-state index in [0.29, 0.717) is 13.2 Å². The summed E-state index contributed by atoms with van der Waals surface area (Å²) in [6.07, 6.45) is 0. The molecule has 3 nitrogen and oxygen atoms in total. The number of nitrogens with one attached hydrogen (secondary N) is 1. The standard InChI is InChI=1S/C17H19NO2/c1-14(19)18-17(16-10-6-3-7-11-16)13-20-12-15-8-4-2-5-9-15/h2-11,17H,12-13H2,1H3,(H,18,19)/t17-/m1/s1. The molecule has 2 rings (SSSR count). The number of carbonyl (C=O) groups excluding carboxylic acids is 1. The van der Waals surface area contributed by atoms with Crippen LogP contribution in [0.25, 0.3) is 0 Å². The normalized spacial score (nSPS) is 11.8. The van der Waals surface area contributed by atoms with Crippen molar-refractivity contribution in [2.24, 2.45) is 0 Å². The predicted octanol–water partition coefficient (Wildman–Crippen LogP) is 3.08. The maximum Gasteiger partial charge on any atom is 0.217 e. The van der Waals surface area contributed by atoms with E-state index in [1.807, 2.05) is 60.7 Å². The fourth-order valence-corrected chi connectivity index (χ4v) is 2.02. The number of amides is 1. The van der Waals surface area contributed by atoms with Crippen molar-refractivity contribution in [2.75, 3.05) is 6.61 Å². The molecule has 1 N–H and O–H groups in total. The van der Waals surface area contributed by atoms with E-state index in [9.17, 15) is 4.79 Å². The van der Waals surface area contributed by atoms with Crippen LogP contribution in [0.2, 0.25) is 0 Å². The molecule has 0 aliphatic heterocycles. The molecule has 0 saturated carbocycles. The predicted molar refractivity (Wildman–Crippen MR) is 79.1 cm³/mol. The maximum absolute atomic E-state index is 11.3. The summed E-state index contributed by atoms with van der Waals surface area (Å²) in [5, 5.41) is 2.92. The Morgan fingerprint density at radius 3 is 2.25 bits per heavy atom. The van der Waals surface area contributed by atoms with Gasteiger partial charge in [-0.25, -0.2) is 0 Å². The average Bonchev–Trinajstić information content (AvgIpc) is 2.48. The summed E-state index contributed by atoms with van der Waals surface area (Å²) in [5.74, 6) is -0.0536. The van der Waals surface area contributed by atoms with Gasteiger partial charge >= 0.3 is 0 Å². The molecular formula is C17H19NO2. The Morgan fingerprint density at radius 1 is 1.05 bits per heavy atom. The Morgan fingerprint density at radius 2 is 1.65 bits per heavy atom. The van der Waals surface area contributed by atoms with Crippen molar-refractivity contribution < 1.29 is 9.53 Å². The molecule has 0 heterocycles. The van der Waals surface area contributed by atoms with Crippen LogP contribution in [0.5, 0.6) is 0 Å². The molecule has 0 saturated heterocycles. The third kappa shape index (κ3) is 4.52. The molecule has 1 amide bonds. The number of hydrogen-bond acceptors (Lipinski definition) is 2. The lowest BCUT2D eigenvalue weighted by molar-refractivity contribution is -0.120. The molecule has 0 aliphatic rings. The quantitative estimate of drug-likeness (QED) is 0.875. The van der Waals surface area contributed by atoms with Crippen LogP contribution in [0.4, 0.5) is 0 Å². The maximum atomic E-state index is 11.3. The molecule has 1 atom stereocenters. The van der Waals surface area contributed by atoms with Crippen LogP contribution in [-0.4, -0.2) is 12.5 Å². The number of carbonyl (C=O) groups is 1. The molecule has 0 aliphatic carbocycles. The summed E-state index contributed by atoms with van der Waals surface area (Å²) in [7, 11) is 0. The minimum absolute atomic E-state index is 0.0536. The second-order valence-electron chi connectivity index (χ2n) is 4.66.